The highest BCUT2D eigenvalue weighted by Crippen LogP contribution is 2.19. The molecule has 1 atom stereocenters. The molecule has 1 aliphatic heterocycles. The average molecular weight is 320 g/mol. The topological polar surface area (TPSA) is 95.6 Å². The van der Waals surface area contributed by atoms with Crippen LogP contribution >= 0.6 is 0 Å². The molecule has 0 aliphatic carbocycles. The molecule has 0 spiro atoms. The molecule has 2 aromatic carbocycles. The Kier molecular flexibility index (Phi) is 3.76. The second-order valence-corrected chi connectivity index (χ2v) is 5.71. The molecule has 2 heterocycles. The van der Waals surface area contributed by atoms with E-state index in [1.54, 1.807) is 0 Å². The second kappa shape index (κ2) is 6.21. The van der Waals surface area contributed by atoms with Crippen LogP contribution in [0.25, 0.3) is 11.4 Å². The third-order valence-electron chi connectivity index (χ3n) is 4.15. The molecule has 4 rings (SSSR count). The van der Waals surface area contributed by atoms with E-state index in [1.165, 1.54) is 11.1 Å². The maximum atomic E-state index is 12.5. The van der Waals surface area contributed by atoms with E-state index in [0.29, 0.717) is 18.8 Å². The number of hydrogen-bond donors (Lipinski definition) is 3. The summed E-state index contributed by atoms with van der Waals surface area (Å²) in [6, 6.07) is 15.3. The highest BCUT2D eigenvalue weighted by Gasteiger charge is 2.23. The summed E-state index contributed by atoms with van der Waals surface area (Å²) >= 11 is 0. The van der Waals surface area contributed by atoms with E-state index in [0.717, 1.165) is 11.3 Å². The predicted molar refractivity (Wildman–Crippen MR) is 89.0 cm³/mol. The lowest BCUT2D eigenvalue weighted by Crippen LogP contribution is -2.44. The SMILES string of the molecule is O=C(Nc1ccc(-c2nn[nH]n2)cc1)[C@H]1Cc2ccccc2CN1. The number of anilines is 1. The molecule has 7 heteroatoms. The molecule has 3 N–H and O–H groups in total. The molecule has 24 heavy (non-hydrogen) atoms. The minimum absolute atomic E-state index is 0.0307. The highest BCUT2D eigenvalue weighted by atomic mass is 16.2. The number of rotatable bonds is 3. The van der Waals surface area contributed by atoms with Crippen LogP contribution in [-0.4, -0.2) is 32.6 Å². The number of amides is 1. The molecular formula is C17H16N6O. The number of aromatic nitrogens is 4. The fourth-order valence-electron chi connectivity index (χ4n) is 2.86. The van der Waals surface area contributed by atoms with Crippen molar-refractivity contribution in [1.82, 2.24) is 25.9 Å². The van der Waals surface area contributed by atoms with Gasteiger partial charge in [-0.15, -0.1) is 10.2 Å². The van der Waals surface area contributed by atoms with E-state index >= 15 is 0 Å². The van der Waals surface area contributed by atoms with Crippen molar-refractivity contribution in [3.8, 4) is 11.4 Å². The van der Waals surface area contributed by atoms with Gasteiger partial charge in [0.1, 0.15) is 0 Å². The van der Waals surface area contributed by atoms with Crippen molar-refractivity contribution < 1.29 is 4.79 Å². The van der Waals surface area contributed by atoms with Crippen molar-refractivity contribution in [2.45, 2.75) is 19.0 Å². The van der Waals surface area contributed by atoms with Gasteiger partial charge in [-0.05, 0) is 47.0 Å². The number of carbonyl (C=O) groups is 1. The van der Waals surface area contributed by atoms with E-state index in [1.807, 2.05) is 36.4 Å². The molecule has 0 radical (unpaired) electrons. The zero-order chi connectivity index (χ0) is 16.4. The molecule has 1 aromatic heterocycles. The van der Waals surface area contributed by atoms with Gasteiger partial charge in [-0.2, -0.15) is 5.21 Å². The van der Waals surface area contributed by atoms with Crippen LogP contribution in [0, 0.1) is 0 Å². The van der Waals surface area contributed by atoms with Crippen LogP contribution in [0.3, 0.4) is 0 Å². The zero-order valence-electron chi connectivity index (χ0n) is 12.9. The molecule has 0 saturated carbocycles. The van der Waals surface area contributed by atoms with Gasteiger partial charge in [-0.3, -0.25) is 4.79 Å². The van der Waals surface area contributed by atoms with Gasteiger partial charge in [0.25, 0.3) is 0 Å². The lowest BCUT2D eigenvalue weighted by atomic mass is 9.95. The number of H-pyrrole nitrogens is 1. The number of aromatic amines is 1. The Morgan fingerprint density at radius 1 is 1.08 bits per heavy atom. The van der Waals surface area contributed by atoms with Gasteiger partial charge in [0.15, 0.2) is 0 Å². The third kappa shape index (κ3) is 2.89. The largest absolute Gasteiger partial charge is 0.325 e. The van der Waals surface area contributed by atoms with Crippen molar-refractivity contribution in [3.05, 3.63) is 59.7 Å². The molecule has 3 aromatic rings. The molecular weight excluding hydrogens is 304 g/mol. The summed E-state index contributed by atoms with van der Waals surface area (Å²) in [5, 5.41) is 20.0. The summed E-state index contributed by atoms with van der Waals surface area (Å²) in [6.07, 6.45) is 0.697. The maximum Gasteiger partial charge on any atom is 0.241 e. The standard InChI is InChI=1S/C17H16N6O/c24-17(15-9-12-3-1-2-4-13(12)10-18-15)19-14-7-5-11(6-8-14)16-20-22-23-21-16/h1-8,15,18H,9-10H2,(H,19,24)(H,20,21,22,23)/t15-/m1/s1. The number of benzene rings is 2. The Labute approximate surface area is 138 Å². The Balaban J connectivity index is 1.43. The lowest BCUT2D eigenvalue weighted by molar-refractivity contribution is -0.118. The minimum Gasteiger partial charge on any atom is -0.325 e. The first-order chi connectivity index (χ1) is 11.8. The van der Waals surface area contributed by atoms with Crippen LogP contribution < -0.4 is 10.6 Å². The van der Waals surface area contributed by atoms with E-state index in [2.05, 4.69) is 43.4 Å². The van der Waals surface area contributed by atoms with Gasteiger partial charge in [0.05, 0.1) is 6.04 Å². The monoisotopic (exact) mass is 320 g/mol. The number of nitrogens with zero attached hydrogens (tertiary/aromatic N) is 3. The normalized spacial score (nSPS) is 16.4. The van der Waals surface area contributed by atoms with Gasteiger partial charge in [-0.1, -0.05) is 24.3 Å². The van der Waals surface area contributed by atoms with Crippen molar-refractivity contribution in [3.63, 3.8) is 0 Å². The Morgan fingerprint density at radius 2 is 1.88 bits per heavy atom. The van der Waals surface area contributed by atoms with Crippen LogP contribution in [-0.2, 0) is 17.8 Å². The van der Waals surface area contributed by atoms with Crippen molar-refractivity contribution in [2.24, 2.45) is 0 Å². The molecule has 0 unspecified atom stereocenters. The third-order valence-corrected chi connectivity index (χ3v) is 4.15. The van der Waals surface area contributed by atoms with Crippen molar-refractivity contribution >= 4 is 11.6 Å². The van der Waals surface area contributed by atoms with Gasteiger partial charge in [-0.25, -0.2) is 0 Å². The Hall–Kier alpha value is -3.06. The Morgan fingerprint density at radius 3 is 2.62 bits per heavy atom. The smallest absolute Gasteiger partial charge is 0.241 e. The molecule has 1 amide bonds. The van der Waals surface area contributed by atoms with Gasteiger partial charge >= 0.3 is 0 Å². The fourth-order valence-corrected chi connectivity index (χ4v) is 2.86. The van der Waals surface area contributed by atoms with E-state index < -0.39 is 0 Å². The summed E-state index contributed by atoms with van der Waals surface area (Å²) in [5.41, 5.74) is 4.06. The number of hydrogen-bond acceptors (Lipinski definition) is 5. The summed E-state index contributed by atoms with van der Waals surface area (Å²) < 4.78 is 0. The van der Waals surface area contributed by atoms with E-state index in [4.69, 9.17) is 0 Å². The first kappa shape index (κ1) is 14.5. The maximum absolute atomic E-state index is 12.5. The summed E-state index contributed by atoms with van der Waals surface area (Å²) in [6.45, 7) is 0.713. The average Bonchev–Trinajstić information content (AvgIpc) is 3.16. The molecule has 7 nitrogen and oxygen atoms in total. The van der Waals surface area contributed by atoms with E-state index in [-0.39, 0.29) is 11.9 Å². The molecule has 1 aliphatic rings. The molecule has 0 bridgehead atoms. The van der Waals surface area contributed by atoms with Crippen molar-refractivity contribution in [2.75, 3.05) is 5.32 Å². The van der Waals surface area contributed by atoms with Crippen LogP contribution in [0.15, 0.2) is 48.5 Å². The fraction of sp³-hybridized carbons (Fsp3) is 0.176. The predicted octanol–water partition coefficient (Wildman–Crippen LogP) is 1.52. The van der Waals surface area contributed by atoms with Gasteiger partial charge in [0.2, 0.25) is 11.7 Å². The number of nitrogens with one attached hydrogen (secondary N) is 3. The number of fused-ring (bicyclic) bond motifs is 1. The first-order valence-corrected chi connectivity index (χ1v) is 7.74. The van der Waals surface area contributed by atoms with Crippen LogP contribution in [0.1, 0.15) is 11.1 Å². The minimum atomic E-state index is -0.225. The quantitative estimate of drug-likeness (QED) is 0.680. The second-order valence-electron chi connectivity index (χ2n) is 5.71. The van der Waals surface area contributed by atoms with Gasteiger partial charge in [0, 0.05) is 17.8 Å². The summed E-state index contributed by atoms with van der Waals surface area (Å²) in [4.78, 5) is 12.5. The van der Waals surface area contributed by atoms with Crippen LogP contribution in [0.4, 0.5) is 5.69 Å². The van der Waals surface area contributed by atoms with Crippen molar-refractivity contribution in [1.29, 1.82) is 0 Å². The van der Waals surface area contributed by atoms with Crippen LogP contribution in [0.5, 0.6) is 0 Å². The first-order valence-electron chi connectivity index (χ1n) is 7.74. The molecule has 0 fully saturated rings. The van der Waals surface area contributed by atoms with E-state index in [9.17, 15) is 4.79 Å². The van der Waals surface area contributed by atoms with Crippen LogP contribution in [0.2, 0.25) is 0 Å². The number of tetrazole rings is 1. The zero-order valence-corrected chi connectivity index (χ0v) is 12.9. The summed E-state index contributed by atoms with van der Waals surface area (Å²) in [5.74, 6) is 0.496. The summed E-state index contributed by atoms with van der Waals surface area (Å²) in [7, 11) is 0. The van der Waals surface area contributed by atoms with Gasteiger partial charge < -0.3 is 10.6 Å². The Bertz CT molecular complexity index is 844. The lowest BCUT2D eigenvalue weighted by Gasteiger charge is -2.25. The molecule has 0 saturated heterocycles. The number of carbonyl (C=O) groups excluding carboxylic acids is 1. The highest BCUT2D eigenvalue weighted by molar-refractivity contribution is 5.95. The molecule has 120 valence electrons.